The number of quaternary nitrogens is 3. The maximum atomic E-state index is 11.7. The molecular weight excluding hydrogens is 593 g/mol. The van der Waals surface area contributed by atoms with Crippen molar-refractivity contribution in [2.45, 2.75) is 24.5 Å². The Morgan fingerprint density at radius 3 is 2.22 bits per heavy atom. The van der Waals surface area contributed by atoms with Crippen molar-refractivity contribution in [3.8, 4) is 0 Å². The van der Waals surface area contributed by atoms with Crippen molar-refractivity contribution in [2.24, 2.45) is 0 Å². The molecule has 0 saturated carbocycles. The van der Waals surface area contributed by atoms with E-state index in [1.807, 2.05) is 0 Å². The van der Waals surface area contributed by atoms with Crippen molar-refractivity contribution in [3.63, 3.8) is 0 Å². The monoisotopic (exact) mass is 618 g/mol. The van der Waals surface area contributed by atoms with Gasteiger partial charge in [-0.25, -0.2) is 8.62 Å². The molecule has 3 rings (SSSR count). The van der Waals surface area contributed by atoms with Gasteiger partial charge in [0.05, 0.1) is 6.61 Å². The zero-order valence-electron chi connectivity index (χ0n) is 18.9. The molecule has 1 aromatic heterocycles. The lowest BCUT2D eigenvalue weighted by Crippen LogP contribution is -2.34. The molecule has 17 nitrogen and oxygen atoms in total. The Morgan fingerprint density at radius 2 is 1.64 bits per heavy atom. The number of ether oxygens (including phenoxy) is 1. The molecule has 1 aliphatic rings. The van der Waals surface area contributed by atoms with E-state index in [2.05, 4.69) is 13.1 Å². The van der Waals surface area contributed by atoms with E-state index in [0.717, 1.165) is 5.39 Å². The summed E-state index contributed by atoms with van der Waals surface area (Å²) in [6, 6.07) is 6.57. The van der Waals surface area contributed by atoms with Gasteiger partial charge in [-0.05, 0) is 23.6 Å². The number of benzene rings is 1. The van der Waals surface area contributed by atoms with Gasteiger partial charge in [0, 0.05) is 16.6 Å². The van der Waals surface area contributed by atoms with Crippen LogP contribution >= 0.6 is 47.3 Å². The SMILES string of the molecule is O=P([O-])(O)OP(=O)([O-])OP(=O)([O-])OC[C@H]1O[C@@H](n2ccc3ccc(Cl)cc3c2=S)[C@H](O)[C@@H]1O.[NH4+].[NH4+].[NH4+]. The highest BCUT2D eigenvalue weighted by atomic mass is 35.5. The first-order valence-corrected chi connectivity index (χ1v) is 13.8. The van der Waals surface area contributed by atoms with Crippen LogP contribution in [0.1, 0.15) is 6.23 Å². The number of rotatable bonds is 8. The summed E-state index contributed by atoms with van der Waals surface area (Å²) in [5.41, 5.74) is 0. The van der Waals surface area contributed by atoms with Crippen LogP contribution in [0.25, 0.3) is 10.8 Å². The third-order valence-electron chi connectivity index (χ3n) is 4.31. The molecule has 22 heteroatoms. The summed E-state index contributed by atoms with van der Waals surface area (Å²) in [6.45, 7) is -1.05. The van der Waals surface area contributed by atoms with Gasteiger partial charge in [-0.3, -0.25) is 13.7 Å². The zero-order valence-corrected chi connectivity index (χ0v) is 23.2. The number of nitrogens with zero attached hydrogens (tertiary/aromatic N) is 1. The highest BCUT2D eigenvalue weighted by molar-refractivity contribution is 7.71. The molecule has 1 aromatic carbocycles. The van der Waals surface area contributed by atoms with Gasteiger partial charge < -0.3 is 62.1 Å². The molecule has 15 N–H and O–H groups in total. The van der Waals surface area contributed by atoms with Crippen LogP contribution in [-0.4, -0.2) is 44.6 Å². The Balaban J connectivity index is 0.00000408. The number of phosphoric acid groups is 3. The number of hydrogen-bond donors (Lipinski definition) is 6. The van der Waals surface area contributed by atoms with Gasteiger partial charge in [-0.2, -0.15) is 0 Å². The molecule has 208 valence electrons. The van der Waals surface area contributed by atoms with Crippen LogP contribution in [0.5, 0.6) is 0 Å². The molecule has 0 spiro atoms. The number of halogens is 1. The second-order valence-corrected chi connectivity index (χ2v) is 11.7. The molecule has 0 aliphatic carbocycles. The number of aliphatic hydroxyl groups excluding tert-OH is 2. The number of pyridine rings is 1. The minimum Gasteiger partial charge on any atom is -0.756 e. The molecule has 0 bridgehead atoms. The molecular formula is C14H26ClN4O13P3S. The fourth-order valence-corrected chi connectivity index (χ4v) is 6.39. The van der Waals surface area contributed by atoms with E-state index in [0.29, 0.717) is 10.4 Å². The number of aromatic nitrogens is 1. The van der Waals surface area contributed by atoms with Gasteiger partial charge in [-0.15, -0.1) is 0 Å². The second kappa shape index (κ2) is 12.9. The Bertz CT molecular complexity index is 1260. The van der Waals surface area contributed by atoms with Crippen molar-refractivity contribution in [1.82, 2.24) is 23.0 Å². The Hall–Kier alpha value is -0.690. The van der Waals surface area contributed by atoms with Crippen LogP contribution in [0.4, 0.5) is 0 Å². The molecule has 7 atom stereocenters. The van der Waals surface area contributed by atoms with E-state index in [1.165, 1.54) is 10.8 Å². The molecule has 3 unspecified atom stereocenters. The van der Waals surface area contributed by atoms with Gasteiger partial charge in [-0.1, -0.05) is 29.9 Å². The maximum Gasteiger partial charge on any atom is 0.280 e. The minimum absolute atomic E-state index is 0. The van der Waals surface area contributed by atoms with Crippen LogP contribution in [0.15, 0.2) is 30.5 Å². The highest BCUT2D eigenvalue weighted by Crippen LogP contribution is 2.61. The Kier molecular flexibility index (Phi) is 12.7. The number of fused-ring (bicyclic) bond motifs is 1. The average molecular weight is 619 g/mol. The first kappa shape index (κ1) is 35.3. The molecule has 0 amide bonds. The standard InChI is InChI=1S/C14H17ClNO13P3S.3H3N/c15-8-2-1-7-3-4-16(14(33)9(7)5-8)13-12(18)11(17)10(27-13)6-26-31(22,23)29-32(24,25)28-30(19,20)21;;;/h1-5,10-13,17-18H,6H2,(H,22,23)(H,24,25)(H2,19,20,21);3*1H3/t10-,11-,12-,13-;;;/m1.../s1. The van der Waals surface area contributed by atoms with Crippen LogP contribution in [0, 0.1) is 4.64 Å². The van der Waals surface area contributed by atoms with Crippen molar-refractivity contribution >= 4 is 58.1 Å². The van der Waals surface area contributed by atoms with Crippen LogP contribution in [0.3, 0.4) is 0 Å². The first-order chi connectivity index (χ1) is 15.1. The summed E-state index contributed by atoms with van der Waals surface area (Å²) in [7, 11) is -17.7. The summed E-state index contributed by atoms with van der Waals surface area (Å²) in [5, 5.41) is 22.2. The van der Waals surface area contributed by atoms with E-state index in [-0.39, 0.29) is 23.1 Å². The lowest BCUT2D eigenvalue weighted by atomic mass is 10.1. The largest absolute Gasteiger partial charge is 0.756 e. The Morgan fingerprint density at radius 1 is 1.03 bits per heavy atom. The van der Waals surface area contributed by atoms with Gasteiger partial charge >= 0.3 is 0 Å². The van der Waals surface area contributed by atoms with Crippen molar-refractivity contribution in [3.05, 3.63) is 40.1 Å². The van der Waals surface area contributed by atoms with E-state index in [9.17, 15) is 38.6 Å². The first-order valence-electron chi connectivity index (χ1n) is 8.64. The van der Waals surface area contributed by atoms with E-state index in [1.54, 1.807) is 24.3 Å². The molecule has 1 saturated heterocycles. The third-order valence-corrected chi connectivity index (χ3v) is 8.66. The van der Waals surface area contributed by atoms with Gasteiger partial charge in [0.1, 0.15) is 23.0 Å². The lowest BCUT2D eigenvalue weighted by Gasteiger charge is -2.33. The van der Waals surface area contributed by atoms with Crippen LogP contribution in [0.2, 0.25) is 5.02 Å². The summed E-state index contributed by atoms with van der Waals surface area (Å²) in [6.07, 6.45) is -4.65. The van der Waals surface area contributed by atoms with Crippen molar-refractivity contribution in [1.29, 1.82) is 0 Å². The smallest absolute Gasteiger partial charge is 0.280 e. The summed E-state index contributed by atoms with van der Waals surface area (Å²) in [5.74, 6) is 0. The zero-order chi connectivity index (χ0) is 24.8. The topological polar surface area (TPSA) is 332 Å². The quantitative estimate of drug-likeness (QED) is 0.179. The second-order valence-electron chi connectivity index (χ2n) is 6.63. The number of aliphatic hydroxyl groups is 2. The molecule has 2 aromatic rings. The van der Waals surface area contributed by atoms with Crippen LogP contribution < -0.4 is 33.1 Å². The maximum absolute atomic E-state index is 11.7. The van der Waals surface area contributed by atoms with Gasteiger partial charge in [0.25, 0.3) is 23.5 Å². The summed E-state index contributed by atoms with van der Waals surface area (Å²) < 4.78 is 51.2. The minimum atomic E-state index is -6.08. The van der Waals surface area contributed by atoms with Gasteiger partial charge in [0.15, 0.2) is 6.23 Å². The number of phosphoric ester groups is 1. The van der Waals surface area contributed by atoms with Crippen LogP contribution in [-0.2, 0) is 31.6 Å². The average Bonchev–Trinajstić information content (AvgIpc) is 2.93. The number of hydrogen-bond acceptors (Lipinski definition) is 13. The third kappa shape index (κ3) is 8.68. The summed E-state index contributed by atoms with van der Waals surface area (Å²) >= 11 is 11.4. The molecule has 36 heavy (non-hydrogen) atoms. The van der Waals surface area contributed by atoms with Crippen molar-refractivity contribution < 1.29 is 61.4 Å². The summed E-state index contributed by atoms with van der Waals surface area (Å²) in [4.78, 5) is 41.7. The fraction of sp³-hybridized carbons (Fsp3) is 0.357. The molecule has 2 heterocycles. The molecule has 0 radical (unpaired) electrons. The highest BCUT2D eigenvalue weighted by Gasteiger charge is 2.44. The van der Waals surface area contributed by atoms with Crippen molar-refractivity contribution in [2.75, 3.05) is 6.61 Å². The van der Waals surface area contributed by atoms with E-state index < -0.39 is 54.6 Å². The molecule has 1 aliphatic heterocycles. The van der Waals surface area contributed by atoms with E-state index >= 15 is 0 Å². The van der Waals surface area contributed by atoms with Gasteiger partial charge in [0.2, 0.25) is 0 Å². The predicted molar refractivity (Wildman–Crippen MR) is 125 cm³/mol. The fourth-order valence-electron chi connectivity index (χ4n) is 2.98. The Labute approximate surface area is 213 Å². The predicted octanol–water partition coefficient (Wildman–Crippen LogP) is 1.22. The normalized spacial score (nSPS) is 26.4. The van der Waals surface area contributed by atoms with E-state index in [4.69, 9.17) is 33.4 Å². The molecule has 1 fully saturated rings. The lowest BCUT2D eigenvalue weighted by molar-refractivity contribution is -0.250.